The van der Waals surface area contributed by atoms with Gasteiger partial charge in [0.15, 0.2) is 12.8 Å². The molecule has 2 aliphatic carbocycles. The molecule has 252 valence electrons. The predicted molar refractivity (Wildman–Crippen MR) is 174 cm³/mol. The fourth-order valence-corrected chi connectivity index (χ4v) is 5.85. The Morgan fingerprint density at radius 3 is 2.27 bits per heavy atom. The van der Waals surface area contributed by atoms with E-state index in [1.165, 1.54) is 0 Å². The summed E-state index contributed by atoms with van der Waals surface area (Å²) in [7, 11) is 0. The first-order valence-electron chi connectivity index (χ1n) is 15.8. The quantitative estimate of drug-likeness (QED) is 0.126. The highest BCUT2D eigenvalue weighted by molar-refractivity contribution is 6.30. The first-order valence-corrected chi connectivity index (χ1v) is 16.2. The van der Waals surface area contributed by atoms with Crippen LogP contribution in [0.15, 0.2) is 53.5 Å². The number of carbonyl (C=O) groups excluding carboxylic acids is 1. The highest BCUT2D eigenvalue weighted by atomic mass is 35.5. The maximum atomic E-state index is 13.3. The van der Waals surface area contributed by atoms with Gasteiger partial charge in [-0.3, -0.25) is 10.1 Å². The number of ether oxygens (including phenoxy) is 1. The van der Waals surface area contributed by atoms with Gasteiger partial charge in [0.05, 0.1) is 6.04 Å². The van der Waals surface area contributed by atoms with E-state index in [4.69, 9.17) is 21.3 Å². The summed E-state index contributed by atoms with van der Waals surface area (Å²) in [6.07, 6.45) is 3.42. The minimum atomic E-state index is -4.58. The Balaban J connectivity index is 1.14. The Morgan fingerprint density at radius 2 is 1.65 bits per heavy atom. The second kappa shape index (κ2) is 14.5. The lowest BCUT2D eigenvalue weighted by Gasteiger charge is -2.36. The van der Waals surface area contributed by atoms with Crippen LogP contribution in [0.5, 0.6) is 6.01 Å². The second-order valence-electron chi connectivity index (χ2n) is 11.8. The molecule has 0 atom stereocenters. The van der Waals surface area contributed by atoms with Gasteiger partial charge in [-0.25, -0.2) is 4.99 Å². The molecule has 2 N–H and O–H groups in total. The summed E-state index contributed by atoms with van der Waals surface area (Å²) in [6.45, 7) is 0.457. The summed E-state index contributed by atoms with van der Waals surface area (Å²) in [6, 6.07) is 13.5. The number of alkyl halides is 3. The van der Waals surface area contributed by atoms with Crippen molar-refractivity contribution >= 4 is 46.7 Å². The van der Waals surface area contributed by atoms with E-state index in [9.17, 15) is 23.2 Å². The number of hydrogen-bond donors (Lipinski definition) is 2. The van der Waals surface area contributed by atoms with Crippen molar-refractivity contribution in [1.82, 2.24) is 30.1 Å². The molecule has 1 aromatic heterocycles. The number of nitrogens with one attached hydrogen (secondary N) is 2. The van der Waals surface area contributed by atoms with Crippen molar-refractivity contribution in [2.75, 3.05) is 43.0 Å². The van der Waals surface area contributed by atoms with Gasteiger partial charge in [-0.15, -0.1) is 0 Å². The van der Waals surface area contributed by atoms with Crippen LogP contribution >= 0.6 is 11.6 Å². The molecule has 0 radical (unpaired) electrons. The van der Waals surface area contributed by atoms with Crippen molar-refractivity contribution in [1.29, 1.82) is 5.26 Å². The van der Waals surface area contributed by atoms with Gasteiger partial charge in [0.25, 0.3) is 5.91 Å². The van der Waals surface area contributed by atoms with E-state index in [2.05, 4.69) is 25.6 Å². The zero-order chi connectivity index (χ0) is 33.7. The minimum Gasteiger partial charge on any atom is -0.454 e. The number of aliphatic imine (C=N–C) groups is 1. The van der Waals surface area contributed by atoms with Crippen LogP contribution in [0.4, 0.5) is 36.4 Å². The zero-order valence-corrected chi connectivity index (χ0v) is 26.7. The number of amides is 1. The number of guanidine groups is 1. The smallest absolute Gasteiger partial charge is 0.422 e. The van der Waals surface area contributed by atoms with Crippen LogP contribution in [-0.4, -0.2) is 87.7 Å². The van der Waals surface area contributed by atoms with E-state index in [0.717, 1.165) is 44.2 Å². The molecule has 0 spiro atoms. The Labute approximate surface area is 280 Å². The Hall–Kier alpha value is -4.84. The molecule has 12 nitrogen and oxygen atoms in total. The number of piperazine rings is 1. The van der Waals surface area contributed by atoms with Gasteiger partial charge in [-0.05, 0) is 74.2 Å². The number of benzene rings is 2. The van der Waals surface area contributed by atoms with E-state index in [-0.39, 0.29) is 29.9 Å². The normalized spacial score (nSPS) is 17.2. The fraction of sp³-hybridized carbons (Fsp3) is 0.438. The van der Waals surface area contributed by atoms with E-state index in [1.807, 2.05) is 16.0 Å². The maximum Gasteiger partial charge on any atom is 0.422 e. The molecule has 1 saturated heterocycles. The standard InChI is InChI=1S/C32H34ClF3N10O2/c33-22-7-11-25(12-8-22)46(26-13-14-26)30-41-28(42-31(43-30)48-19-32(34,35)36)39-24-9-5-21(6-10-24)27(47)44-15-17-45(18-16-44)29(38-20-37)40-23-3-1-2-4-23/h5-12,23,26H,1-4,13-19H2,(H,38,40)(H,39,41,42,43). The van der Waals surface area contributed by atoms with Crippen molar-refractivity contribution in [2.45, 2.75) is 56.8 Å². The third kappa shape index (κ3) is 8.54. The SMILES string of the molecule is N#CNC(=NC1CCCC1)N1CCN(C(=O)c2ccc(Nc3nc(OCC(F)(F)F)nc(N(c4ccc(Cl)cc4)C4CC4)n3)cc2)CC1. The number of halogens is 4. The number of nitriles is 1. The highest BCUT2D eigenvalue weighted by Gasteiger charge is 2.34. The number of carbonyl (C=O) groups is 1. The third-order valence-corrected chi connectivity index (χ3v) is 8.50. The molecule has 0 bridgehead atoms. The monoisotopic (exact) mass is 682 g/mol. The van der Waals surface area contributed by atoms with E-state index >= 15 is 0 Å². The lowest BCUT2D eigenvalue weighted by Crippen LogP contribution is -2.53. The van der Waals surface area contributed by atoms with Gasteiger partial charge < -0.3 is 24.8 Å². The highest BCUT2D eigenvalue weighted by Crippen LogP contribution is 2.38. The van der Waals surface area contributed by atoms with Gasteiger partial charge in [0.2, 0.25) is 17.9 Å². The summed E-state index contributed by atoms with van der Waals surface area (Å²) >= 11 is 6.07. The molecule has 0 unspecified atom stereocenters. The van der Waals surface area contributed by atoms with Crippen molar-refractivity contribution in [3.63, 3.8) is 0 Å². The second-order valence-corrected chi connectivity index (χ2v) is 12.3. The van der Waals surface area contributed by atoms with E-state index in [0.29, 0.717) is 48.4 Å². The van der Waals surface area contributed by atoms with E-state index in [1.54, 1.807) is 53.4 Å². The summed E-state index contributed by atoms with van der Waals surface area (Å²) in [5.41, 5.74) is 1.70. The number of aromatic nitrogens is 3. The Morgan fingerprint density at radius 1 is 0.979 bits per heavy atom. The van der Waals surface area contributed by atoms with Crippen LogP contribution in [0.1, 0.15) is 48.9 Å². The summed E-state index contributed by atoms with van der Waals surface area (Å²) in [4.78, 5) is 36.5. The number of hydrogen-bond acceptors (Lipinski definition) is 9. The van der Waals surface area contributed by atoms with Crippen LogP contribution in [0.25, 0.3) is 0 Å². The molecule has 3 aromatic rings. The molecule has 2 heterocycles. The molecule has 2 aromatic carbocycles. The van der Waals surface area contributed by atoms with Crippen LogP contribution in [0.3, 0.4) is 0 Å². The predicted octanol–water partition coefficient (Wildman–Crippen LogP) is 5.64. The van der Waals surface area contributed by atoms with Gasteiger partial charge in [0.1, 0.15) is 0 Å². The maximum absolute atomic E-state index is 13.3. The zero-order valence-electron chi connectivity index (χ0n) is 26.0. The fourth-order valence-electron chi connectivity index (χ4n) is 5.72. The van der Waals surface area contributed by atoms with Gasteiger partial charge in [0, 0.05) is 54.2 Å². The average Bonchev–Trinajstić information content (AvgIpc) is 3.77. The lowest BCUT2D eigenvalue weighted by atomic mass is 10.1. The molecule has 48 heavy (non-hydrogen) atoms. The largest absolute Gasteiger partial charge is 0.454 e. The van der Waals surface area contributed by atoms with Gasteiger partial charge in [-0.1, -0.05) is 24.4 Å². The molecule has 1 aliphatic heterocycles. The molecule has 3 aliphatic rings. The lowest BCUT2D eigenvalue weighted by molar-refractivity contribution is -0.154. The summed E-state index contributed by atoms with van der Waals surface area (Å²) in [5, 5.41) is 15.5. The number of nitrogens with zero attached hydrogens (tertiary/aromatic N) is 8. The van der Waals surface area contributed by atoms with Crippen molar-refractivity contribution in [2.24, 2.45) is 4.99 Å². The van der Waals surface area contributed by atoms with Crippen LogP contribution in [0, 0.1) is 11.5 Å². The van der Waals surface area contributed by atoms with E-state index < -0.39 is 18.8 Å². The Bertz CT molecular complexity index is 1650. The first kappa shape index (κ1) is 33.1. The van der Waals surface area contributed by atoms with Gasteiger partial charge >= 0.3 is 12.2 Å². The number of anilines is 4. The summed E-state index contributed by atoms with van der Waals surface area (Å²) in [5.74, 6) is 0.528. The van der Waals surface area contributed by atoms with Crippen molar-refractivity contribution < 1.29 is 22.7 Å². The van der Waals surface area contributed by atoms with Crippen LogP contribution in [-0.2, 0) is 0 Å². The third-order valence-electron chi connectivity index (χ3n) is 8.25. The van der Waals surface area contributed by atoms with Crippen LogP contribution < -0.4 is 20.3 Å². The molecule has 6 rings (SSSR count). The first-order chi connectivity index (χ1) is 23.1. The molecule has 3 fully saturated rings. The number of rotatable bonds is 9. The molecule has 2 saturated carbocycles. The molecular formula is C32H34ClF3N10O2. The molecular weight excluding hydrogens is 649 g/mol. The minimum absolute atomic E-state index is 0.0203. The van der Waals surface area contributed by atoms with Crippen molar-refractivity contribution in [3.05, 3.63) is 59.1 Å². The van der Waals surface area contributed by atoms with Crippen LogP contribution in [0.2, 0.25) is 5.02 Å². The van der Waals surface area contributed by atoms with Gasteiger partial charge in [-0.2, -0.15) is 33.4 Å². The molecule has 1 amide bonds. The Kier molecular flexibility index (Phi) is 10.00. The topological polar surface area (TPSA) is 135 Å². The summed E-state index contributed by atoms with van der Waals surface area (Å²) < 4.78 is 43.9. The van der Waals surface area contributed by atoms with Crippen molar-refractivity contribution in [3.8, 4) is 12.2 Å². The average molecular weight is 683 g/mol. The molecule has 16 heteroatoms.